The lowest BCUT2D eigenvalue weighted by atomic mass is 10.3. The van der Waals surface area contributed by atoms with E-state index in [1.165, 1.54) is 12.1 Å². The second-order valence-corrected chi connectivity index (χ2v) is 4.22. The van der Waals surface area contributed by atoms with Crippen molar-refractivity contribution in [1.82, 2.24) is 0 Å². The fourth-order valence-corrected chi connectivity index (χ4v) is 1.62. The minimum Gasteiger partial charge on any atom is -0.508 e. The van der Waals surface area contributed by atoms with Gasteiger partial charge in [-0.15, -0.1) is 0 Å². The van der Waals surface area contributed by atoms with Gasteiger partial charge >= 0.3 is 0 Å². The first-order valence-electron chi connectivity index (χ1n) is 5.61. The fraction of sp³-hybridized carbons (Fsp3) is 0.0714. The van der Waals surface area contributed by atoms with Crippen molar-refractivity contribution in [3.63, 3.8) is 0 Å². The van der Waals surface area contributed by atoms with Gasteiger partial charge in [0.25, 0.3) is 5.91 Å². The molecule has 4 nitrogen and oxygen atoms in total. The second kappa shape index (κ2) is 6.11. The number of aromatic hydroxyl groups is 1. The van der Waals surface area contributed by atoms with E-state index in [4.69, 9.17) is 21.4 Å². The van der Waals surface area contributed by atoms with Crippen LogP contribution in [0.5, 0.6) is 11.5 Å². The summed E-state index contributed by atoms with van der Waals surface area (Å²) in [5.74, 6) is 0.348. The Morgan fingerprint density at radius 3 is 2.53 bits per heavy atom. The third-order valence-electron chi connectivity index (χ3n) is 2.35. The predicted molar refractivity (Wildman–Crippen MR) is 73.7 cm³/mol. The summed E-state index contributed by atoms with van der Waals surface area (Å²) >= 11 is 5.92. The number of phenolic OH excluding ortho intramolecular Hbond substituents is 1. The molecular weight excluding hydrogens is 266 g/mol. The van der Waals surface area contributed by atoms with Crippen molar-refractivity contribution < 1.29 is 14.6 Å². The van der Waals surface area contributed by atoms with E-state index in [0.717, 1.165) is 0 Å². The van der Waals surface area contributed by atoms with E-state index in [2.05, 4.69) is 5.32 Å². The first-order valence-corrected chi connectivity index (χ1v) is 5.99. The molecule has 0 heterocycles. The van der Waals surface area contributed by atoms with Gasteiger partial charge in [-0.25, -0.2) is 0 Å². The Labute approximate surface area is 115 Å². The van der Waals surface area contributed by atoms with Gasteiger partial charge in [0.15, 0.2) is 6.61 Å². The van der Waals surface area contributed by atoms with Crippen molar-refractivity contribution in [2.75, 3.05) is 11.9 Å². The summed E-state index contributed by atoms with van der Waals surface area (Å²) in [5, 5.41) is 12.2. The predicted octanol–water partition coefficient (Wildman–Crippen LogP) is 3.06. The molecule has 0 saturated heterocycles. The van der Waals surface area contributed by atoms with Gasteiger partial charge in [-0.3, -0.25) is 4.79 Å². The molecule has 0 saturated carbocycles. The Morgan fingerprint density at radius 1 is 1.16 bits per heavy atom. The molecule has 2 rings (SSSR count). The molecule has 0 spiro atoms. The number of amides is 1. The minimum atomic E-state index is -0.304. The van der Waals surface area contributed by atoms with Crippen LogP contribution in [0, 0.1) is 0 Å². The lowest BCUT2D eigenvalue weighted by molar-refractivity contribution is -0.118. The van der Waals surface area contributed by atoms with E-state index in [9.17, 15) is 4.79 Å². The number of carbonyl (C=O) groups is 1. The van der Waals surface area contributed by atoms with E-state index >= 15 is 0 Å². The molecule has 0 bridgehead atoms. The maximum Gasteiger partial charge on any atom is 0.262 e. The van der Waals surface area contributed by atoms with Crippen LogP contribution in [0.1, 0.15) is 0 Å². The maximum absolute atomic E-state index is 11.7. The zero-order valence-corrected chi connectivity index (χ0v) is 10.7. The molecule has 0 aliphatic carbocycles. The summed E-state index contributed by atoms with van der Waals surface area (Å²) < 4.78 is 5.27. The number of hydrogen-bond acceptors (Lipinski definition) is 3. The van der Waals surface area contributed by atoms with Gasteiger partial charge in [0.05, 0.1) is 10.7 Å². The number of hydrogen-bond donors (Lipinski definition) is 2. The van der Waals surface area contributed by atoms with Crippen LogP contribution in [0.15, 0.2) is 48.5 Å². The molecule has 1 amide bonds. The third kappa shape index (κ3) is 3.89. The highest BCUT2D eigenvalue weighted by molar-refractivity contribution is 6.33. The van der Waals surface area contributed by atoms with Crippen molar-refractivity contribution in [2.24, 2.45) is 0 Å². The van der Waals surface area contributed by atoms with Gasteiger partial charge in [-0.1, -0.05) is 23.7 Å². The van der Waals surface area contributed by atoms with E-state index in [-0.39, 0.29) is 18.3 Å². The molecule has 98 valence electrons. The van der Waals surface area contributed by atoms with Crippen molar-refractivity contribution >= 4 is 23.2 Å². The first-order chi connectivity index (χ1) is 9.15. The van der Waals surface area contributed by atoms with Crippen LogP contribution in [0.4, 0.5) is 5.69 Å². The Kier molecular flexibility index (Phi) is 4.26. The molecule has 0 aliphatic rings. The van der Waals surface area contributed by atoms with Crippen molar-refractivity contribution in [3.8, 4) is 11.5 Å². The van der Waals surface area contributed by atoms with Gasteiger partial charge in [-0.2, -0.15) is 0 Å². The standard InChI is InChI=1S/C14H12ClNO3/c15-12-3-1-2-4-13(12)16-14(18)9-19-11-7-5-10(17)6-8-11/h1-8,17H,9H2,(H,16,18). The molecule has 5 heteroatoms. The largest absolute Gasteiger partial charge is 0.508 e. The number of ether oxygens (including phenoxy) is 1. The van der Waals surface area contributed by atoms with E-state index in [1.54, 1.807) is 36.4 Å². The van der Waals surface area contributed by atoms with Gasteiger partial charge in [0.2, 0.25) is 0 Å². The summed E-state index contributed by atoms with van der Waals surface area (Å²) in [7, 11) is 0. The fourth-order valence-electron chi connectivity index (χ4n) is 1.44. The number of benzene rings is 2. The summed E-state index contributed by atoms with van der Waals surface area (Å²) in [5.41, 5.74) is 0.545. The third-order valence-corrected chi connectivity index (χ3v) is 2.68. The molecule has 2 aromatic rings. The molecule has 2 aromatic carbocycles. The zero-order chi connectivity index (χ0) is 13.7. The van der Waals surface area contributed by atoms with Crippen molar-refractivity contribution in [2.45, 2.75) is 0 Å². The van der Waals surface area contributed by atoms with E-state index < -0.39 is 0 Å². The SMILES string of the molecule is O=C(COc1ccc(O)cc1)Nc1ccccc1Cl. The smallest absolute Gasteiger partial charge is 0.262 e. The average Bonchev–Trinajstić information content (AvgIpc) is 2.41. The highest BCUT2D eigenvalue weighted by Crippen LogP contribution is 2.20. The Morgan fingerprint density at radius 2 is 1.84 bits per heavy atom. The number of carbonyl (C=O) groups excluding carboxylic acids is 1. The van der Waals surface area contributed by atoms with Crippen LogP contribution < -0.4 is 10.1 Å². The van der Waals surface area contributed by atoms with Crippen LogP contribution in [0.3, 0.4) is 0 Å². The van der Waals surface area contributed by atoms with Gasteiger partial charge in [0, 0.05) is 0 Å². The number of anilines is 1. The highest BCUT2D eigenvalue weighted by Gasteiger charge is 2.06. The number of rotatable bonds is 4. The minimum absolute atomic E-state index is 0.129. The normalized spacial score (nSPS) is 9.95. The first kappa shape index (κ1) is 13.2. The summed E-state index contributed by atoms with van der Waals surface area (Å²) in [6.07, 6.45) is 0. The molecule has 19 heavy (non-hydrogen) atoms. The monoisotopic (exact) mass is 277 g/mol. The summed E-state index contributed by atoms with van der Waals surface area (Å²) in [4.78, 5) is 11.7. The van der Waals surface area contributed by atoms with Crippen LogP contribution in [-0.2, 0) is 4.79 Å². The van der Waals surface area contributed by atoms with Crippen LogP contribution in [-0.4, -0.2) is 17.6 Å². The molecule has 0 aromatic heterocycles. The lowest BCUT2D eigenvalue weighted by Gasteiger charge is -2.08. The average molecular weight is 278 g/mol. The Hall–Kier alpha value is -2.20. The lowest BCUT2D eigenvalue weighted by Crippen LogP contribution is -2.20. The number of nitrogens with one attached hydrogen (secondary N) is 1. The van der Waals surface area contributed by atoms with Gasteiger partial charge < -0.3 is 15.2 Å². The zero-order valence-electron chi connectivity index (χ0n) is 9.97. The topological polar surface area (TPSA) is 58.6 Å². The van der Waals surface area contributed by atoms with Crippen LogP contribution in [0.25, 0.3) is 0 Å². The number of phenols is 1. The molecule has 0 unspecified atom stereocenters. The van der Waals surface area contributed by atoms with E-state index in [1.807, 2.05) is 0 Å². The second-order valence-electron chi connectivity index (χ2n) is 3.81. The molecular formula is C14H12ClNO3. The number of halogens is 1. The van der Waals surface area contributed by atoms with Crippen molar-refractivity contribution in [1.29, 1.82) is 0 Å². The maximum atomic E-state index is 11.7. The molecule has 0 radical (unpaired) electrons. The van der Waals surface area contributed by atoms with Crippen molar-refractivity contribution in [3.05, 3.63) is 53.6 Å². The van der Waals surface area contributed by atoms with Gasteiger partial charge in [-0.05, 0) is 36.4 Å². The van der Waals surface area contributed by atoms with Crippen LogP contribution >= 0.6 is 11.6 Å². The Bertz CT molecular complexity index is 569. The molecule has 2 N–H and O–H groups in total. The molecule has 0 aliphatic heterocycles. The molecule has 0 atom stereocenters. The van der Waals surface area contributed by atoms with Gasteiger partial charge in [0.1, 0.15) is 11.5 Å². The summed E-state index contributed by atoms with van der Waals surface area (Å²) in [6, 6.07) is 13.1. The summed E-state index contributed by atoms with van der Waals surface area (Å²) in [6.45, 7) is -0.129. The van der Waals surface area contributed by atoms with E-state index in [0.29, 0.717) is 16.5 Å². The Balaban J connectivity index is 1.88. The quantitative estimate of drug-likeness (QED) is 0.903. The number of para-hydroxylation sites is 1. The molecule has 0 fully saturated rings. The van der Waals surface area contributed by atoms with Crippen LogP contribution in [0.2, 0.25) is 5.02 Å². The highest BCUT2D eigenvalue weighted by atomic mass is 35.5.